The third-order valence-electron chi connectivity index (χ3n) is 3.77. The van der Waals surface area contributed by atoms with E-state index in [0.29, 0.717) is 18.9 Å². The second kappa shape index (κ2) is 8.32. The average Bonchev–Trinajstić information content (AvgIpc) is 2.57. The molecule has 0 spiro atoms. The maximum Gasteiger partial charge on any atom is 0.239 e. The van der Waals surface area contributed by atoms with Gasteiger partial charge in [0.2, 0.25) is 5.91 Å². The first-order valence-electron chi connectivity index (χ1n) is 7.65. The molecule has 0 aromatic heterocycles. The Kier molecular flexibility index (Phi) is 6.42. The van der Waals surface area contributed by atoms with Crippen LogP contribution in [0.5, 0.6) is 5.75 Å². The Morgan fingerprint density at radius 2 is 1.96 bits per heavy atom. The first-order valence-corrected chi connectivity index (χ1v) is 8.73. The summed E-state index contributed by atoms with van der Waals surface area (Å²) in [5, 5.41) is 0. The molecule has 0 aliphatic rings. The number of halogens is 2. The predicted octanol–water partition coefficient (Wildman–Crippen LogP) is 3.71. The molecule has 0 fully saturated rings. The molecule has 0 saturated heterocycles. The van der Waals surface area contributed by atoms with E-state index in [4.69, 9.17) is 10.5 Å². The summed E-state index contributed by atoms with van der Waals surface area (Å²) >= 11 is 2.22. The number of benzene rings is 2. The zero-order valence-electron chi connectivity index (χ0n) is 13.6. The largest absolute Gasteiger partial charge is 0.489 e. The lowest BCUT2D eigenvalue weighted by atomic mass is 10.2. The zero-order chi connectivity index (χ0) is 17.7. The van der Waals surface area contributed by atoms with Crippen LogP contribution in [0.25, 0.3) is 0 Å². The van der Waals surface area contributed by atoms with Crippen molar-refractivity contribution in [3.8, 4) is 5.75 Å². The van der Waals surface area contributed by atoms with Crippen LogP contribution in [0.2, 0.25) is 0 Å². The fourth-order valence-corrected chi connectivity index (χ4v) is 3.00. The number of hydrogen-bond donors (Lipinski definition) is 1. The smallest absolute Gasteiger partial charge is 0.239 e. The van der Waals surface area contributed by atoms with Gasteiger partial charge in [-0.15, -0.1) is 0 Å². The summed E-state index contributed by atoms with van der Waals surface area (Å²) in [5.74, 6) is 0.0458. The molecule has 0 aliphatic heterocycles. The number of carbonyl (C=O) groups is 1. The first kappa shape index (κ1) is 18.5. The fourth-order valence-electron chi connectivity index (χ4n) is 2.36. The molecule has 2 rings (SSSR count). The molecule has 0 unspecified atom stereocenters. The van der Waals surface area contributed by atoms with Crippen molar-refractivity contribution in [1.29, 1.82) is 0 Å². The molecule has 1 atom stereocenters. The quantitative estimate of drug-likeness (QED) is 0.666. The molecule has 1 amide bonds. The molecule has 4 nitrogen and oxygen atoms in total. The molecule has 0 heterocycles. The van der Waals surface area contributed by atoms with Crippen LogP contribution in [0.15, 0.2) is 42.5 Å². The van der Waals surface area contributed by atoms with Gasteiger partial charge in [0.15, 0.2) is 0 Å². The average molecular weight is 442 g/mol. The number of rotatable bonds is 7. The standard InChI is InChI=1S/C18H20FIN2O2/c1-3-22(12(2)18(21)23)17-10-15(8-9-16(17)20)24-11-13-4-6-14(19)7-5-13/h4-10,12H,3,11H2,1-2H3,(H2,21,23)/t12-/m1/s1. The molecular weight excluding hydrogens is 422 g/mol. The number of hydrogen-bond acceptors (Lipinski definition) is 3. The molecule has 2 aromatic carbocycles. The molecule has 24 heavy (non-hydrogen) atoms. The highest BCUT2D eigenvalue weighted by Gasteiger charge is 2.20. The van der Waals surface area contributed by atoms with E-state index >= 15 is 0 Å². The predicted molar refractivity (Wildman–Crippen MR) is 102 cm³/mol. The third-order valence-corrected chi connectivity index (χ3v) is 4.68. The Morgan fingerprint density at radius 1 is 1.29 bits per heavy atom. The lowest BCUT2D eigenvalue weighted by molar-refractivity contribution is -0.118. The molecule has 0 bridgehead atoms. The minimum Gasteiger partial charge on any atom is -0.489 e. The maximum absolute atomic E-state index is 12.9. The van der Waals surface area contributed by atoms with Gasteiger partial charge in [-0.3, -0.25) is 4.79 Å². The second-order valence-corrected chi connectivity index (χ2v) is 6.55. The lowest BCUT2D eigenvalue weighted by Crippen LogP contribution is -2.43. The fraction of sp³-hybridized carbons (Fsp3) is 0.278. The summed E-state index contributed by atoms with van der Waals surface area (Å²) < 4.78 is 19.7. The normalized spacial score (nSPS) is 11.8. The summed E-state index contributed by atoms with van der Waals surface area (Å²) in [7, 11) is 0. The minimum atomic E-state index is -0.407. The van der Waals surface area contributed by atoms with Crippen LogP contribution in [0.1, 0.15) is 19.4 Å². The van der Waals surface area contributed by atoms with Gasteiger partial charge in [-0.25, -0.2) is 4.39 Å². The van der Waals surface area contributed by atoms with E-state index in [-0.39, 0.29) is 11.7 Å². The summed E-state index contributed by atoms with van der Waals surface area (Å²) in [5.41, 5.74) is 7.23. The highest BCUT2D eigenvalue weighted by atomic mass is 127. The molecule has 0 saturated carbocycles. The Hall–Kier alpha value is -1.83. The van der Waals surface area contributed by atoms with Crippen LogP contribution >= 0.6 is 22.6 Å². The molecular formula is C18H20FIN2O2. The number of ether oxygens (including phenoxy) is 1. The van der Waals surface area contributed by atoms with E-state index in [2.05, 4.69) is 22.6 Å². The van der Waals surface area contributed by atoms with Crippen LogP contribution in [-0.4, -0.2) is 18.5 Å². The van der Waals surface area contributed by atoms with Gasteiger partial charge in [0.05, 0.1) is 5.69 Å². The van der Waals surface area contributed by atoms with Crippen molar-refractivity contribution in [3.05, 3.63) is 57.4 Å². The number of primary amides is 1. The van der Waals surface area contributed by atoms with Crippen LogP contribution < -0.4 is 15.4 Å². The molecule has 0 aliphatic carbocycles. The topological polar surface area (TPSA) is 55.6 Å². The van der Waals surface area contributed by atoms with E-state index in [9.17, 15) is 9.18 Å². The Balaban J connectivity index is 2.18. The summed E-state index contributed by atoms with van der Waals surface area (Å²) in [6.07, 6.45) is 0. The molecule has 6 heteroatoms. The summed E-state index contributed by atoms with van der Waals surface area (Å²) in [6.45, 7) is 4.76. The number of nitrogens with zero attached hydrogens (tertiary/aromatic N) is 1. The Bertz CT molecular complexity index is 707. The van der Waals surface area contributed by atoms with E-state index in [0.717, 1.165) is 14.8 Å². The Morgan fingerprint density at radius 3 is 2.54 bits per heavy atom. The molecule has 128 valence electrons. The summed E-state index contributed by atoms with van der Waals surface area (Å²) in [6, 6.07) is 11.5. The van der Waals surface area contributed by atoms with Gasteiger partial charge >= 0.3 is 0 Å². The highest BCUT2D eigenvalue weighted by molar-refractivity contribution is 14.1. The monoisotopic (exact) mass is 442 g/mol. The van der Waals surface area contributed by atoms with Gasteiger partial charge in [0.25, 0.3) is 0 Å². The lowest BCUT2D eigenvalue weighted by Gasteiger charge is -2.29. The van der Waals surface area contributed by atoms with Gasteiger partial charge in [0.1, 0.15) is 24.2 Å². The van der Waals surface area contributed by atoms with Gasteiger partial charge in [-0.05, 0) is 66.3 Å². The number of carbonyl (C=O) groups excluding carboxylic acids is 1. The molecule has 2 aromatic rings. The van der Waals surface area contributed by atoms with Crippen molar-refractivity contribution < 1.29 is 13.9 Å². The molecule has 2 N–H and O–H groups in total. The van der Waals surface area contributed by atoms with E-state index in [1.807, 2.05) is 30.0 Å². The van der Waals surface area contributed by atoms with Crippen molar-refractivity contribution in [1.82, 2.24) is 0 Å². The van der Waals surface area contributed by atoms with Crippen LogP contribution in [0, 0.1) is 9.39 Å². The van der Waals surface area contributed by atoms with Crippen molar-refractivity contribution >= 4 is 34.2 Å². The van der Waals surface area contributed by atoms with Gasteiger partial charge < -0.3 is 15.4 Å². The van der Waals surface area contributed by atoms with Crippen molar-refractivity contribution in [2.75, 3.05) is 11.4 Å². The minimum absolute atomic E-state index is 0.269. The van der Waals surface area contributed by atoms with Gasteiger partial charge in [-0.2, -0.15) is 0 Å². The second-order valence-electron chi connectivity index (χ2n) is 5.39. The van der Waals surface area contributed by atoms with Crippen molar-refractivity contribution in [3.63, 3.8) is 0 Å². The molecule has 0 radical (unpaired) electrons. The summed E-state index contributed by atoms with van der Waals surface area (Å²) in [4.78, 5) is 13.5. The maximum atomic E-state index is 12.9. The van der Waals surface area contributed by atoms with E-state index in [1.165, 1.54) is 12.1 Å². The first-order chi connectivity index (χ1) is 11.4. The van der Waals surface area contributed by atoms with Gasteiger partial charge in [0, 0.05) is 16.2 Å². The van der Waals surface area contributed by atoms with Crippen LogP contribution in [0.3, 0.4) is 0 Å². The SMILES string of the molecule is CCN(c1cc(OCc2ccc(F)cc2)ccc1I)[C@H](C)C(N)=O. The van der Waals surface area contributed by atoms with Crippen LogP contribution in [0.4, 0.5) is 10.1 Å². The van der Waals surface area contributed by atoms with Crippen molar-refractivity contribution in [2.45, 2.75) is 26.5 Å². The van der Waals surface area contributed by atoms with Crippen molar-refractivity contribution in [2.24, 2.45) is 5.73 Å². The number of anilines is 1. The highest BCUT2D eigenvalue weighted by Crippen LogP contribution is 2.29. The van der Waals surface area contributed by atoms with Crippen LogP contribution in [-0.2, 0) is 11.4 Å². The number of likely N-dealkylation sites (N-methyl/N-ethyl adjacent to an activating group) is 1. The number of nitrogens with two attached hydrogens (primary N) is 1. The van der Waals surface area contributed by atoms with E-state index < -0.39 is 6.04 Å². The van der Waals surface area contributed by atoms with Gasteiger partial charge in [-0.1, -0.05) is 12.1 Å². The Labute approximate surface area is 154 Å². The number of amides is 1. The zero-order valence-corrected chi connectivity index (χ0v) is 15.8. The third kappa shape index (κ3) is 4.59. The van der Waals surface area contributed by atoms with E-state index in [1.54, 1.807) is 19.1 Å².